The summed E-state index contributed by atoms with van der Waals surface area (Å²) in [5, 5.41) is 10.6. The van der Waals surface area contributed by atoms with Gasteiger partial charge in [0.1, 0.15) is 13.1 Å². The van der Waals surface area contributed by atoms with Crippen molar-refractivity contribution in [1.82, 2.24) is 0 Å². The highest BCUT2D eigenvalue weighted by Crippen LogP contribution is 2.29. The lowest BCUT2D eigenvalue weighted by Crippen LogP contribution is -3.00. The second-order valence-corrected chi connectivity index (χ2v) is 5.32. The zero-order valence-electron chi connectivity index (χ0n) is 10.6. The van der Waals surface area contributed by atoms with Crippen LogP contribution in [0.5, 0.6) is 0 Å². The topological polar surface area (TPSA) is 29.5 Å². The van der Waals surface area contributed by atoms with Crippen LogP contribution in [0.4, 0.5) is 0 Å². The van der Waals surface area contributed by atoms with E-state index in [1.165, 1.54) is 0 Å². The van der Waals surface area contributed by atoms with Crippen LogP contribution in [0.15, 0.2) is 24.3 Å². The normalized spacial score (nSPS) is 27.3. The zero-order chi connectivity index (χ0) is 11.8. The van der Waals surface area contributed by atoms with Crippen molar-refractivity contribution in [2.75, 3.05) is 33.8 Å². The molecule has 0 spiro atoms. The molecule has 1 N–H and O–H groups in total. The number of quaternary nitrogens is 1. The number of halogens is 1. The van der Waals surface area contributed by atoms with Crippen LogP contribution in [0, 0.1) is 6.92 Å². The van der Waals surface area contributed by atoms with E-state index in [2.05, 4.69) is 14.1 Å². The Balaban J connectivity index is 0.00000144. The molecule has 0 aromatic heterocycles. The molecular formula is C13H20BrNO2. The van der Waals surface area contributed by atoms with Gasteiger partial charge in [-0.15, -0.1) is 0 Å². The van der Waals surface area contributed by atoms with Crippen LogP contribution < -0.4 is 17.0 Å². The molecule has 1 fully saturated rings. The third-order valence-electron chi connectivity index (χ3n) is 3.15. The molecule has 4 heteroatoms. The number of hydrogen-bond donors (Lipinski definition) is 1. The van der Waals surface area contributed by atoms with Crippen LogP contribution in [-0.4, -0.2) is 43.4 Å². The lowest BCUT2D eigenvalue weighted by molar-refractivity contribution is -0.912. The maximum Gasteiger partial charge on any atom is 0.243 e. The van der Waals surface area contributed by atoms with E-state index >= 15 is 0 Å². The average molecular weight is 302 g/mol. The van der Waals surface area contributed by atoms with E-state index in [0.717, 1.165) is 22.2 Å². The first-order chi connectivity index (χ1) is 7.41. The van der Waals surface area contributed by atoms with Crippen molar-refractivity contribution < 1.29 is 31.3 Å². The van der Waals surface area contributed by atoms with Crippen molar-refractivity contribution in [1.29, 1.82) is 0 Å². The molecule has 1 heterocycles. The molecule has 1 aliphatic rings. The Morgan fingerprint density at radius 1 is 1.35 bits per heavy atom. The lowest BCUT2D eigenvalue weighted by Gasteiger charge is -2.42. The van der Waals surface area contributed by atoms with E-state index in [-0.39, 0.29) is 17.0 Å². The number of rotatable bonds is 1. The Labute approximate surface area is 113 Å². The number of aryl methyl sites for hydroxylation is 1. The van der Waals surface area contributed by atoms with Crippen molar-refractivity contribution >= 4 is 0 Å². The van der Waals surface area contributed by atoms with E-state index < -0.39 is 5.79 Å². The molecule has 2 rings (SSSR count). The predicted octanol–water partition coefficient (Wildman–Crippen LogP) is -1.75. The third kappa shape index (κ3) is 3.28. The summed E-state index contributed by atoms with van der Waals surface area (Å²) >= 11 is 0. The van der Waals surface area contributed by atoms with Crippen molar-refractivity contribution in [3.63, 3.8) is 0 Å². The highest BCUT2D eigenvalue weighted by Gasteiger charge is 2.42. The van der Waals surface area contributed by atoms with Crippen LogP contribution >= 0.6 is 0 Å². The Kier molecular flexibility index (Phi) is 4.36. The van der Waals surface area contributed by atoms with E-state index in [1.807, 2.05) is 31.2 Å². The molecule has 1 atom stereocenters. The molecule has 1 aromatic carbocycles. The first kappa shape index (κ1) is 14.6. The summed E-state index contributed by atoms with van der Waals surface area (Å²) in [6, 6.07) is 7.90. The number of morpholine rings is 1. The van der Waals surface area contributed by atoms with Gasteiger partial charge < -0.3 is 31.3 Å². The molecule has 0 radical (unpaired) electrons. The summed E-state index contributed by atoms with van der Waals surface area (Å²) in [5.41, 5.74) is 2.00. The van der Waals surface area contributed by atoms with Crippen LogP contribution in [0.25, 0.3) is 0 Å². The molecule has 1 aromatic rings. The van der Waals surface area contributed by atoms with Gasteiger partial charge in [0.05, 0.1) is 20.7 Å². The fourth-order valence-corrected chi connectivity index (χ4v) is 2.23. The standard InChI is InChI=1S/C13H20NO2.BrH/c1-11-5-4-6-12(9-11)13(15)10-14(2,3)7-8-16-13;/h4-6,9,15H,7-8,10H2,1-3H3;1H/q+1;/p-1. The molecule has 3 nitrogen and oxygen atoms in total. The molecule has 0 aliphatic carbocycles. The van der Waals surface area contributed by atoms with Gasteiger partial charge in [0.25, 0.3) is 0 Å². The molecule has 0 bridgehead atoms. The number of benzene rings is 1. The first-order valence-electron chi connectivity index (χ1n) is 5.67. The van der Waals surface area contributed by atoms with Crippen LogP contribution in [0.3, 0.4) is 0 Å². The fraction of sp³-hybridized carbons (Fsp3) is 0.538. The number of nitrogens with zero attached hydrogens (tertiary/aromatic N) is 1. The summed E-state index contributed by atoms with van der Waals surface area (Å²) in [5.74, 6) is -1.13. The minimum absolute atomic E-state index is 0. The molecule has 1 saturated heterocycles. The van der Waals surface area contributed by atoms with E-state index in [1.54, 1.807) is 0 Å². The van der Waals surface area contributed by atoms with Gasteiger partial charge in [0.15, 0.2) is 0 Å². The number of hydrogen-bond acceptors (Lipinski definition) is 2. The van der Waals surface area contributed by atoms with Crippen molar-refractivity contribution in [3.05, 3.63) is 35.4 Å². The Bertz CT molecular complexity index is 395. The van der Waals surface area contributed by atoms with E-state index in [9.17, 15) is 5.11 Å². The predicted molar refractivity (Wildman–Crippen MR) is 62.9 cm³/mol. The smallest absolute Gasteiger partial charge is 0.243 e. The van der Waals surface area contributed by atoms with Crippen molar-refractivity contribution in [2.45, 2.75) is 12.7 Å². The average Bonchev–Trinajstić information content (AvgIpc) is 2.15. The second-order valence-electron chi connectivity index (χ2n) is 5.32. The highest BCUT2D eigenvalue weighted by molar-refractivity contribution is 5.26. The van der Waals surface area contributed by atoms with E-state index in [4.69, 9.17) is 4.74 Å². The second kappa shape index (κ2) is 5.06. The van der Waals surface area contributed by atoms with Gasteiger partial charge in [-0.2, -0.15) is 0 Å². The summed E-state index contributed by atoms with van der Waals surface area (Å²) in [4.78, 5) is 0. The summed E-state index contributed by atoms with van der Waals surface area (Å²) < 4.78 is 6.36. The fourth-order valence-electron chi connectivity index (χ4n) is 2.23. The van der Waals surface area contributed by atoms with Crippen LogP contribution in [0.1, 0.15) is 11.1 Å². The molecule has 0 saturated carbocycles. The van der Waals surface area contributed by atoms with Crippen LogP contribution in [-0.2, 0) is 10.5 Å². The Morgan fingerprint density at radius 3 is 2.65 bits per heavy atom. The molecule has 1 aliphatic heterocycles. The maximum atomic E-state index is 10.6. The Morgan fingerprint density at radius 2 is 2.06 bits per heavy atom. The van der Waals surface area contributed by atoms with Crippen molar-refractivity contribution in [2.24, 2.45) is 0 Å². The maximum absolute atomic E-state index is 10.6. The Hall–Kier alpha value is -0.420. The van der Waals surface area contributed by atoms with E-state index in [0.29, 0.717) is 13.2 Å². The van der Waals surface area contributed by atoms with Gasteiger partial charge in [0.2, 0.25) is 5.79 Å². The zero-order valence-corrected chi connectivity index (χ0v) is 12.2. The molecular weight excluding hydrogens is 282 g/mol. The van der Waals surface area contributed by atoms with Gasteiger partial charge in [-0.1, -0.05) is 29.8 Å². The van der Waals surface area contributed by atoms with Gasteiger partial charge in [-0.05, 0) is 6.92 Å². The molecule has 0 amide bonds. The minimum Gasteiger partial charge on any atom is -1.00 e. The third-order valence-corrected chi connectivity index (χ3v) is 3.15. The monoisotopic (exact) mass is 301 g/mol. The highest BCUT2D eigenvalue weighted by atomic mass is 79.9. The van der Waals surface area contributed by atoms with Gasteiger partial charge in [-0.25, -0.2) is 0 Å². The molecule has 96 valence electrons. The van der Waals surface area contributed by atoms with Gasteiger partial charge in [-0.3, -0.25) is 0 Å². The number of likely N-dealkylation sites (N-methyl/N-ethyl adjacent to an activating group) is 1. The largest absolute Gasteiger partial charge is 1.00 e. The van der Waals surface area contributed by atoms with Crippen molar-refractivity contribution in [3.8, 4) is 0 Å². The first-order valence-corrected chi connectivity index (χ1v) is 5.67. The molecule has 17 heavy (non-hydrogen) atoms. The SMILES string of the molecule is Cc1cccc(C2(O)C[N+](C)(C)CCO2)c1.[Br-]. The molecule has 1 unspecified atom stereocenters. The lowest BCUT2D eigenvalue weighted by atomic mass is 10.0. The summed E-state index contributed by atoms with van der Waals surface area (Å²) in [7, 11) is 4.23. The summed E-state index contributed by atoms with van der Waals surface area (Å²) in [6.45, 7) is 4.15. The summed E-state index contributed by atoms with van der Waals surface area (Å²) in [6.07, 6.45) is 0. The van der Waals surface area contributed by atoms with Gasteiger partial charge >= 0.3 is 0 Å². The number of aliphatic hydroxyl groups is 1. The van der Waals surface area contributed by atoms with Gasteiger partial charge in [0, 0.05) is 5.56 Å². The number of ether oxygens (including phenoxy) is 1. The minimum atomic E-state index is -1.13. The van der Waals surface area contributed by atoms with Crippen LogP contribution in [0.2, 0.25) is 0 Å². The quantitative estimate of drug-likeness (QED) is 0.624.